The Bertz CT molecular complexity index is 436. The Hall–Kier alpha value is -1.26. The standard InChI is InChI=1S/C16H24N2O2.ClH/c1-20-14-7-5-12(6-8-14)9-10-18-16(19)15-4-2-3-13(15)11-17;/h5-8,13,15H,2-4,9-11,17H2,1H3,(H,18,19);1H/t13-,15-;/m1./s1. The highest BCUT2D eigenvalue weighted by Crippen LogP contribution is 2.30. The van der Waals surface area contributed by atoms with Gasteiger partial charge in [-0.25, -0.2) is 0 Å². The molecule has 0 aliphatic heterocycles. The second-order valence-electron chi connectivity index (χ2n) is 5.42. The van der Waals surface area contributed by atoms with Crippen LogP contribution in [0.5, 0.6) is 5.75 Å². The van der Waals surface area contributed by atoms with Gasteiger partial charge in [0.15, 0.2) is 0 Å². The van der Waals surface area contributed by atoms with Gasteiger partial charge < -0.3 is 15.8 Å². The summed E-state index contributed by atoms with van der Waals surface area (Å²) in [5.41, 5.74) is 6.92. The highest BCUT2D eigenvalue weighted by molar-refractivity contribution is 5.85. The first-order chi connectivity index (χ1) is 9.74. The number of hydrogen-bond donors (Lipinski definition) is 2. The van der Waals surface area contributed by atoms with E-state index in [1.807, 2.05) is 24.3 Å². The SMILES string of the molecule is COc1ccc(CCNC(=O)[C@@H]2CCC[C@@H]2CN)cc1.Cl. The van der Waals surface area contributed by atoms with Gasteiger partial charge in [-0.15, -0.1) is 12.4 Å². The third kappa shape index (κ3) is 4.90. The van der Waals surface area contributed by atoms with E-state index in [4.69, 9.17) is 10.5 Å². The molecule has 0 spiro atoms. The molecule has 1 aliphatic rings. The van der Waals surface area contributed by atoms with Crippen LogP contribution in [-0.4, -0.2) is 26.1 Å². The maximum absolute atomic E-state index is 12.1. The maximum atomic E-state index is 12.1. The van der Waals surface area contributed by atoms with Crippen LogP contribution in [0.3, 0.4) is 0 Å². The minimum atomic E-state index is 0. The van der Waals surface area contributed by atoms with Crippen LogP contribution in [0.2, 0.25) is 0 Å². The Morgan fingerprint density at radius 2 is 2.05 bits per heavy atom. The monoisotopic (exact) mass is 312 g/mol. The molecule has 1 aromatic carbocycles. The fraction of sp³-hybridized carbons (Fsp3) is 0.562. The van der Waals surface area contributed by atoms with Gasteiger partial charge in [0.05, 0.1) is 7.11 Å². The van der Waals surface area contributed by atoms with E-state index in [0.29, 0.717) is 19.0 Å². The molecular formula is C16H25ClN2O2. The van der Waals surface area contributed by atoms with Crippen molar-refractivity contribution in [2.75, 3.05) is 20.2 Å². The third-order valence-corrected chi connectivity index (χ3v) is 4.17. The van der Waals surface area contributed by atoms with Gasteiger partial charge >= 0.3 is 0 Å². The van der Waals surface area contributed by atoms with Crippen molar-refractivity contribution in [3.8, 4) is 5.75 Å². The van der Waals surface area contributed by atoms with Gasteiger partial charge in [-0.2, -0.15) is 0 Å². The number of ether oxygens (including phenoxy) is 1. The van der Waals surface area contributed by atoms with Gasteiger partial charge in [0.1, 0.15) is 5.75 Å². The lowest BCUT2D eigenvalue weighted by molar-refractivity contribution is -0.125. The minimum Gasteiger partial charge on any atom is -0.497 e. The van der Waals surface area contributed by atoms with E-state index >= 15 is 0 Å². The van der Waals surface area contributed by atoms with Gasteiger partial charge in [0.25, 0.3) is 0 Å². The molecule has 0 unspecified atom stereocenters. The molecule has 1 aromatic rings. The van der Waals surface area contributed by atoms with E-state index in [9.17, 15) is 4.79 Å². The fourth-order valence-corrected chi connectivity index (χ4v) is 2.92. The van der Waals surface area contributed by atoms with Crippen LogP contribution >= 0.6 is 12.4 Å². The summed E-state index contributed by atoms with van der Waals surface area (Å²) in [6.45, 7) is 1.30. The third-order valence-electron chi connectivity index (χ3n) is 4.17. The largest absolute Gasteiger partial charge is 0.497 e. The summed E-state index contributed by atoms with van der Waals surface area (Å²) in [5.74, 6) is 1.52. The van der Waals surface area contributed by atoms with Crippen molar-refractivity contribution in [1.82, 2.24) is 5.32 Å². The molecule has 2 rings (SSSR count). The predicted molar refractivity (Wildman–Crippen MR) is 86.8 cm³/mol. The van der Waals surface area contributed by atoms with Gasteiger partial charge in [-0.3, -0.25) is 4.79 Å². The second kappa shape index (κ2) is 8.90. The van der Waals surface area contributed by atoms with Gasteiger partial charge in [-0.1, -0.05) is 18.6 Å². The summed E-state index contributed by atoms with van der Waals surface area (Å²) >= 11 is 0. The minimum absolute atomic E-state index is 0. The molecule has 0 radical (unpaired) electrons. The number of carbonyl (C=O) groups is 1. The van der Waals surface area contributed by atoms with Crippen molar-refractivity contribution in [1.29, 1.82) is 0 Å². The van der Waals surface area contributed by atoms with E-state index in [2.05, 4.69) is 5.32 Å². The number of rotatable bonds is 6. The number of halogens is 1. The number of benzene rings is 1. The first-order valence-electron chi connectivity index (χ1n) is 7.35. The topological polar surface area (TPSA) is 64.3 Å². The Morgan fingerprint density at radius 3 is 2.67 bits per heavy atom. The van der Waals surface area contributed by atoms with Crippen LogP contribution in [0.1, 0.15) is 24.8 Å². The molecule has 21 heavy (non-hydrogen) atoms. The molecule has 0 aromatic heterocycles. The summed E-state index contributed by atoms with van der Waals surface area (Å²) in [6, 6.07) is 7.95. The highest BCUT2D eigenvalue weighted by Gasteiger charge is 2.31. The quantitative estimate of drug-likeness (QED) is 0.846. The maximum Gasteiger partial charge on any atom is 0.223 e. The van der Waals surface area contributed by atoms with Crippen molar-refractivity contribution in [3.63, 3.8) is 0 Å². The van der Waals surface area contributed by atoms with E-state index in [0.717, 1.165) is 31.4 Å². The van der Waals surface area contributed by atoms with Crippen molar-refractivity contribution in [2.45, 2.75) is 25.7 Å². The van der Waals surface area contributed by atoms with Crippen molar-refractivity contribution < 1.29 is 9.53 Å². The molecule has 3 N–H and O–H groups in total. The number of nitrogens with one attached hydrogen (secondary N) is 1. The van der Waals surface area contributed by atoms with Crippen molar-refractivity contribution in [2.24, 2.45) is 17.6 Å². The first-order valence-corrected chi connectivity index (χ1v) is 7.35. The van der Waals surface area contributed by atoms with Crippen LogP contribution in [0.4, 0.5) is 0 Å². The van der Waals surface area contributed by atoms with E-state index in [1.54, 1.807) is 7.11 Å². The summed E-state index contributed by atoms with van der Waals surface area (Å²) in [4.78, 5) is 12.1. The molecule has 118 valence electrons. The number of methoxy groups -OCH3 is 1. The van der Waals surface area contributed by atoms with E-state index in [-0.39, 0.29) is 24.2 Å². The molecule has 1 saturated carbocycles. The molecule has 1 amide bonds. The van der Waals surface area contributed by atoms with E-state index in [1.165, 1.54) is 5.56 Å². The van der Waals surface area contributed by atoms with Crippen LogP contribution in [0, 0.1) is 11.8 Å². The summed E-state index contributed by atoms with van der Waals surface area (Å²) in [5, 5.41) is 3.04. The lowest BCUT2D eigenvalue weighted by atomic mass is 9.95. The average molecular weight is 313 g/mol. The number of hydrogen-bond acceptors (Lipinski definition) is 3. The van der Waals surface area contributed by atoms with Crippen LogP contribution < -0.4 is 15.8 Å². The Balaban J connectivity index is 0.00000220. The lowest BCUT2D eigenvalue weighted by Gasteiger charge is -2.17. The van der Waals surface area contributed by atoms with Crippen LogP contribution in [0.25, 0.3) is 0 Å². The molecular weight excluding hydrogens is 288 g/mol. The van der Waals surface area contributed by atoms with Gasteiger partial charge in [0, 0.05) is 12.5 Å². The normalized spacial score (nSPS) is 20.7. The van der Waals surface area contributed by atoms with Gasteiger partial charge in [-0.05, 0) is 49.4 Å². The zero-order valence-corrected chi connectivity index (χ0v) is 13.3. The highest BCUT2D eigenvalue weighted by atomic mass is 35.5. The summed E-state index contributed by atoms with van der Waals surface area (Å²) in [7, 11) is 1.66. The Labute approximate surface area is 132 Å². The Kier molecular flexibility index (Phi) is 7.54. The van der Waals surface area contributed by atoms with Crippen LogP contribution in [-0.2, 0) is 11.2 Å². The first kappa shape index (κ1) is 17.8. The zero-order valence-electron chi connectivity index (χ0n) is 12.5. The summed E-state index contributed by atoms with van der Waals surface area (Å²) < 4.78 is 5.12. The van der Waals surface area contributed by atoms with Crippen LogP contribution in [0.15, 0.2) is 24.3 Å². The van der Waals surface area contributed by atoms with Crippen molar-refractivity contribution in [3.05, 3.63) is 29.8 Å². The molecule has 2 atom stereocenters. The fourth-order valence-electron chi connectivity index (χ4n) is 2.92. The smallest absolute Gasteiger partial charge is 0.223 e. The zero-order chi connectivity index (χ0) is 14.4. The summed E-state index contributed by atoms with van der Waals surface area (Å²) in [6.07, 6.45) is 4.04. The number of amides is 1. The molecule has 1 aliphatic carbocycles. The molecule has 1 fully saturated rings. The van der Waals surface area contributed by atoms with Crippen molar-refractivity contribution >= 4 is 18.3 Å². The Morgan fingerprint density at radius 1 is 1.33 bits per heavy atom. The van der Waals surface area contributed by atoms with E-state index < -0.39 is 0 Å². The second-order valence-corrected chi connectivity index (χ2v) is 5.42. The number of carbonyl (C=O) groups excluding carboxylic acids is 1. The molecule has 0 bridgehead atoms. The predicted octanol–water partition coefficient (Wildman–Crippen LogP) is 2.15. The lowest BCUT2D eigenvalue weighted by Crippen LogP contribution is -2.36. The molecule has 4 nitrogen and oxygen atoms in total. The molecule has 0 saturated heterocycles. The molecule has 0 heterocycles. The number of nitrogens with two attached hydrogens (primary N) is 1. The molecule has 5 heteroatoms. The average Bonchev–Trinajstić information content (AvgIpc) is 2.96. The van der Waals surface area contributed by atoms with Gasteiger partial charge in [0.2, 0.25) is 5.91 Å².